The average molecular weight is 436 g/mol. The first kappa shape index (κ1) is 20.8. The number of aromatic nitrogens is 2. The molecule has 0 fully saturated rings. The Labute approximate surface area is 174 Å². The van der Waals surface area contributed by atoms with E-state index in [4.69, 9.17) is 16.3 Å². The van der Waals surface area contributed by atoms with Gasteiger partial charge in [-0.05, 0) is 25.1 Å². The summed E-state index contributed by atoms with van der Waals surface area (Å²) in [4.78, 5) is 42.2. The summed E-state index contributed by atoms with van der Waals surface area (Å²) < 4.78 is 6.46. The molecule has 2 aromatic heterocycles. The van der Waals surface area contributed by atoms with Gasteiger partial charge in [0.1, 0.15) is 22.4 Å². The van der Waals surface area contributed by atoms with Gasteiger partial charge in [-0.2, -0.15) is 0 Å². The highest BCUT2D eigenvalue weighted by Gasteiger charge is 2.25. The Morgan fingerprint density at radius 2 is 2.14 bits per heavy atom. The predicted octanol–water partition coefficient (Wildman–Crippen LogP) is 3.58. The fourth-order valence-electron chi connectivity index (χ4n) is 2.98. The molecule has 152 valence electrons. The van der Waals surface area contributed by atoms with Crippen LogP contribution in [0.3, 0.4) is 0 Å². The lowest BCUT2D eigenvalue weighted by Crippen LogP contribution is -2.34. The number of amides is 1. The summed E-state index contributed by atoms with van der Waals surface area (Å²) in [6.07, 6.45) is 0.392. The van der Waals surface area contributed by atoms with Gasteiger partial charge in [0.15, 0.2) is 0 Å². The number of anilines is 1. The molecule has 1 unspecified atom stereocenters. The van der Waals surface area contributed by atoms with E-state index in [0.29, 0.717) is 33.5 Å². The van der Waals surface area contributed by atoms with Crippen LogP contribution < -0.4 is 15.6 Å². The Hall–Kier alpha value is -2.91. The molecule has 3 rings (SSSR count). The maximum absolute atomic E-state index is 13.1. The van der Waals surface area contributed by atoms with Gasteiger partial charge in [-0.25, -0.2) is 9.78 Å². The van der Waals surface area contributed by atoms with Crippen molar-refractivity contribution in [2.75, 3.05) is 12.4 Å². The number of carbonyl (C=O) groups excluding carboxylic acids is 1. The average Bonchev–Trinajstić information content (AvgIpc) is 3.12. The standard InChI is InChI=1S/C19H18ClN3O5S/c1-4-14-22-17-15(11(8-29-17)19(26)27)18(25)23(14)9(2)16(24)21-12-7-10(20)5-6-13(12)28-3/h5-9H,4H2,1-3H3,(H,21,24)(H,26,27). The quantitative estimate of drug-likeness (QED) is 0.612. The van der Waals surface area contributed by atoms with Crippen molar-refractivity contribution in [3.05, 3.63) is 50.3 Å². The summed E-state index contributed by atoms with van der Waals surface area (Å²) >= 11 is 7.09. The molecule has 2 N–H and O–H groups in total. The second-order valence-corrected chi connectivity index (χ2v) is 7.50. The summed E-state index contributed by atoms with van der Waals surface area (Å²) in [5, 5.41) is 13.9. The molecule has 3 aromatic rings. The second kappa shape index (κ2) is 8.22. The molecule has 0 aliphatic heterocycles. The van der Waals surface area contributed by atoms with E-state index in [1.165, 1.54) is 23.1 Å². The molecule has 0 saturated heterocycles. The van der Waals surface area contributed by atoms with Crippen LogP contribution in [0.5, 0.6) is 5.75 Å². The first-order valence-electron chi connectivity index (χ1n) is 8.68. The Bertz CT molecular complexity index is 1170. The van der Waals surface area contributed by atoms with Crippen LogP contribution in [-0.4, -0.2) is 33.6 Å². The van der Waals surface area contributed by atoms with Crippen molar-refractivity contribution in [1.82, 2.24) is 9.55 Å². The van der Waals surface area contributed by atoms with Gasteiger partial charge >= 0.3 is 5.97 Å². The zero-order valence-electron chi connectivity index (χ0n) is 15.9. The van der Waals surface area contributed by atoms with Gasteiger partial charge < -0.3 is 15.2 Å². The zero-order valence-corrected chi connectivity index (χ0v) is 17.4. The van der Waals surface area contributed by atoms with E-state index in [9.17, 15) is 19.5 Å². The van der Waals surface area contributed by atoms with Crippen molar-refractivity contribution >= 4 is 50.7 Å². The number of hydrogen-bond acceptors (Lipinski definition) is 6. The minimum Gasteiger partial charge on any atom is -0.495 e. The number of hydrogen-bond donors (Lipinski definition) is 2. The molecule has 0 aliphatic carbocycles. The highest BCUT2D eigenvalue weighted by molar-refractivity contribution is 7.17. The van der Waals surface area contributed by atoms with Crippen LogP contribution in [0.15, 0.2) is 28.4 Å². The molecule has 1 aromatic carbocycles. The Morgan fingerprint density at radius 3 is 2.76 bits per heavy atom. The van der Waals surface area contributed by atoms with Crippen LogP contribution in [0, 0.1) is 0 Å². The van der Waals surface area contributed by atoms with E-state index in [2.05, 4.69) is 10.3 Å². The Balaban J connectivity index is 2.07. The monoisotopic (exact) mass is 435 g/mol. The summed E-state index contributed by atoms with van der Waals surface area (Å²) in [6.45, 7) is 3.35. The number of aryl methyl sites for hydroxylation is 1. The van der Waals surface area contributed by atoms with Gasteiger partial charge in [0.2, 0.25) is 5.91 Å². The topological polar surface area (TPSA) is 111 Å². The lowest BCUT2D eigenvalue weighted by atomic mass is 10.2. The molecule has 29 heavy (non-hydrogen) atoms. The molecule has 0 spiro atoms. The number of carbonyl (C=O) groups is 2. The van der Waals surface area contributed by atoms with E-state index in [0.717, 1.165) is 11.3 Å². The van der Waals surface area contributed by atoms with E-state index in [1.54, 1.807) is 26.0 Å². The number of nitrogens with one attached hydrogen (secondary N) is 1. The van der Waals surface area contributed by atoms with Gasteiger partial charge in [-0.3, -0.25) is 14.2 Å². The lowest BCUT2D eigenvalue weighted by Gasteiger charge is -2.19. The number of carboxylic acids is 1. The molecule has 0 aliphatic rings. The molecular formula is C19H18ClN3O5S. The largest absolute Gasteiger partial charge is 0.495 e. The van der Waals surface area contributed by atoms with Crippen LogP contribution >= 0.6 is 22.9 Å². The van der Waals surface area contributed by atoms with E-state index < -0.39 is 23.5 Å². The van der Waals surface area contributed by atoms with Crippen LogP contribution in [0.4, 0.5) is 5.69 Å². The highest BCUT2D eigenvalue weighted by Crippen LogP contribution is 2.29. The second-order valence-electron chi connectivity index (χ2n) is 6.20. The summed E-state index contributed by atoms with van der Waals surface area (Å²) in [6, 6.07) is 3.84. The molecule has 2 heterocycles. The number of fused-ring (bicyclic) bond motifs is 1. The van der Waals surface area contributed by atoms with Crippen molar-refractivity contribution in [1.29, 1.82) is 0 Å². The molecular weight excluding hydrogens is 418 g/mol. The Kier molecular flexibility index (Phi) is 5.90. The number of methoxy groups -OCH3 is 1. The number of ether oxygens (including phenoxy) is 1. The third-order valence-corrected chi connectivity index (χ3v) is 5.55. The molecule has 0 saturated carbocycles. The number of benzene rings is 1. The fraction of sp³-hybridized carbons (Fsp3) is 0.263. The van der Waals surface area contributed by atoms with Crippen LogP contribution in [0.1, 0.15) is 36.1 Å². The first-order chi connectivity index (χ1) is 13.8. The number of aromatic carboxylic acids is 1. The minimum absolute atomic E-state index is 0.000291. The maximum atomic E-state index is 13.1. The highest BCUT2D eigenvalue weighted by atomic mass is 35.5. The van der Waals surface area contributed by atoms with E-state index >= 15 is 0 Å². The van der Waals surface area contributed by atoms with Crippen molar-refractivity contribution in [2.24, 2.45) is 0 Å². The van der Waals surface area contributed by atoms with Crippen molar-refractivity contribution in [3.63, 3.8) is 0 Å². The maximum Gasteiger partial charge on any atom is 0.337 e. The summed E-state index contributed by atoms with van der Waals surface area (Å²) in [5.74, 6) is -0.901. The molecule has 1 atom stereocenters. The number of halogens is 1. The van der Waals surface area contributed by atoms with Crippen LogP contribution in [0.2, 0.25) is 5.02 Å². The number of nitrogens with zero attached hydrogens (tertiary/aromatic N) is 2. The smallest absolute Gasteiger partial charge is 0.337 e. The van der Waals surface area contributed by atoms with E-state index in [-0.39, 0.29) is 10.9 Å². The van der Waals surface area contributed by atoms with Crippen LogP contribution in [0.25, 0.3) is 10.2 Å². The molecule has 1 amide bonds. The molecule has 8 nitrogen and oxygen atoms in total. The van der Waals surface area contributed by atoms with Gasteiger partial charge in [-0.15, -0.1) is 11.3 Å². The van der Waals surface area contributed by atoms with Crippen LogP contribution in [-0.2, 0) is 11.2 Å². The van der Waals surface area contributed by atoms with Gasteiger partial charge in [0.25, 0.3) is 5.56 Å². The zero-order chi connectivity index (χ0) is 21.3. The van der Waals surface area contributed by atoms with Crippen molar-refractivity contribution < 1.29 is 19.4 Å². The molecule has 10 heteroatoms. The summed E-state index contributed by atoms with van der Waals surface area (Å²) in [5.41, 5.74) is -0.326. The third-order valence-electron chi connectivity index (χ3n) is 4.45. The number of rotatable bonds is 6. The number of carboxylic acid groups (broad SMARTS) is 1. The predicted molar refractivity (Wildman–Crippen MR) is 112 cm³/mol. The van der Waals surface area contributed by atoms with E-state index in [1.807, 2.05) is 0 Å². The fourth-order valence-corrected chi connectivity index (χ4v) is 4.08. The normalized spacial score (nSPS) is 12.0. The van der Waals surface area contributed by atoms with Crippen molar-refractivity contribution in [2.45, 2.75) is 26.3 Å². The van der Waals surface area contributed by atoms with Gasteiger partial charge in [0, 0.05) is 16.8 Å². The lowest BCUT2D eigenvalue weighted by molar-refractivity contribution is -0.119. The molecule has 0 bridgehead atoms. The van der Waals surface area contributed by atoms with Gasteiger partial charge in [-0.1, -0.05) is 18.5 Å². The Morgan fingerprint density at radius 1 is 1.41 bits per heavy atom. The van der Waals surface area contributed by atoms with Crippen molar-refractivity contribution in [3.8, 4) is 5.75 Å². The third kappa shape index (κ3) is 3.83. The SMILES string of the molecule is CCc1nc2scc(C(=O)O)c2c(=O)n1C(C)C(=O)Nc1cc(Cl)ccc1OC. The summed E-state index contributed by atoms with van der Waals surface area (Å²) in [7, 11) is 1.46. The first-order valence-corrected chi connectivity index (χ1v) is 9.94. The number of thiophene rings is 1. The minimum atomic E-state index is -1.22. The van der Waals surface area contributed by atoms with Gasteiger partial charge in [0.05, 0.1) is 23.7 Å². The molecule has 0 radical (unpaired) electrons.